The summed E-state index contributed by atoms with van der Waals surface area (Å²) in [6, 6.07) is 0.730. The normalized spacial score (nSPS) is 34.2. The highest BCUT2D eigenvalue weighted by molar-refractivity contribution is 5.31. The SMILES string of the molecule is C1CNC(c2nc(N3CCN4CCC3CC4)no2)CN1. The summed E-state index contributed by atoms with van der Waals surface area (Å²) >= 11 is 0. The molecule has 4 aliphatic rings. The number of piperazine rings is 1. The first kappa shape index (κ1) is 12.6. The van der Waals surface area contributed by atoms with Crippen molar-refractivity contribution in [1.29, 1.82) is 0 Å². The first-order valence-electron chi connectivity index (χ1n) is 7.67. The highest BCUT2D eigenvalue weighted by atomic mass is 16.5. The summed E-state index contributed by atoms with van der Waals surface area (Å²) in [5, 5.41) is 11.0. The Kier molecular flexibility index (Phi) is 3.33. The predicted molar refractivity (Wildman–Crippen MR) is 74.7 cm³/mol. The second-order valence-corrected chi connectivity index (χ2v) is 5.91. The Morgan fingerprint density at radius 2 is 2.00 bits per heavy atom. The number of rotatable bonds is 2. The van der Waals surface area contributed by atoms with Crippen molar-refractivity contribution in [3.05, 3.63) is 5.89 Å². The zero-order valence-corrected chi connectivity index (χ0v) is 11.7. The van der Waals surface area contributed by atoms with Gasteiger partial charge in [0.25, 0.3) is 5.95 Å². The second kappa shape index (κ2) is 5.31. The second-order valence-electron chi connectivity index (χ2n) is 5.91. The molecule has 2 bridgehead atoms. The Labute approximate surface area is 118 Å². The molecule has 1 aromatic rings. The molecule has 110 valence electrons. The minimum atomic E-state index is 0.150. The maximum Gasteiger partial charge on any atom is 0.266 e. The van der Waals surface area contributed by atoms with Crippen LogP contribution in [0.2, 0.25) is 0 Å². The van der Waals surface area contributed by atoms with Crippen molar-refractivity contribution in [2.24, 2.45) is 0 Å². The van der Waals surface area contributed by atoms with E-state index in [2.05, 4.69) is 30.6 Å². The molecule has 5 rings (SSSR count). The predicted octanol–water partition coefficient (Wildman–Crippen LogP) is -0.412. The molecule has 5 heterocycles. The number of nitrogens with zero attached hydrogens (tertiary/aromatic N) is 4. The number of fused-ring (bicyclic) bond motifs is 4. The number of anilines is 1. The van der Waals surface area contributed by atoms with Crippen molar-refractivity contribution in [2.45, 2.75) is 24.9 Å². The first-order chi connectivity index (χ1) is 9.90. The minimum Gasteiger partial charge on any atom is -0.336 e. The number of hydrogen-bond donors (Lipinski definition) is 2. The van der Waals surface area contributed by atoms with Crippen molar-refractivity contribution in [2.75, 3.05) is 50.7 Å². The smallest absolute Gasteiger partial charge is 0.266 e. The molecule has 0 aliphatic carbocycles. The molecule has 4 saturated heterocycles. The van der Waals surface area contributed by atoms with Crippen molar-refractivity contribution in [3.63, 3.8) is 0 Å². The Morgan fingerprint density at radius 3 is 2.80 bits per heavy atom. The topological polar surface area (TPSA) is 69.5 Å². The van der Waals surface area contributed by atoms with Gasteiger partial charge in [0.15, 0.2) is 0 Å². The first-order valence-corrected chi connectivity index (χ1v) is 7.67. The van der Waals surface area contributed by atoms with Crippen LogP contribution in [0.5, 0.6) is 0 Å². The maximum atomic E-state index is 5.49. The van der Waals surface area contributed by atoms with Crippen LogP contribution in [0.15, 0.2) is 4.52 Å². The van der Waals surface area contributed by atoms with E-state index in [1.165, 1.54) is 25.9 Å². The van der Waals surface area contributed by atoms with E-state index in [0.29, 0.717) is 11.9 Å². The van der Waals surface area contributed by atoms with Crippen LogP contribution >= 0.6 is 0 Å². The molecule has 2 N–H and O–H groups in total. The van der Waals surface area contributed by atoms with Crippen molar-refractivity contribution in [3.8, 4) is 0 Å². The van der Waals surface area contributed by atoms with Gasteiger partial charge in [0.1, 0.15) is 0 Å². The van der Waals surface area contributed by atoms with Crippen LogP contribution in [-0.4, -0.2) is 66.9 Å². The van der Waals surface area contributed by atoms with Gasteiger partial charge in [0, 0.05) is 51.9 Å². The highest BCUT2D eigenvalue weighted by Crippen LogP contribution is 2.25. The molecule has 4 aliphatic heterocycles. The van der Waals surface area contributed by atoms with E-state index in [9.17, 15) is 0 Å². The van der Waals surface area contributed by atoms with Crippen molar-refractivity contribution < 1.29 is 4.52 Å². The van der Waals surface area contributed by atoms with Crippen molar-refractivity contribution in [1.82, 2.24) is 25.7 Å². The lowest BCUT2D eigenvalue weighted by atomic mass is 10.1. The van der Waals surface area contributed by atoms with Crippen LogP contribution in [0.4, 0.5) is 5.95 Å². The molecule has 0 saturated carbocycles. The maximum absolute atomic E-state index is 5.49. The van der Waals surface area contributed by atoms with Gasteiger partial charge in [-0.05, 0) is 18.0 Å². The van der Waals surface area contributed by atoms with Crippen LogP contribution in [0, 0.1) is 0 Å². The van der Waals surface area contributed by atoms with E-state index in [0.717, 1.165) is 38.7 Å². The van der Waals surface area contributed by atoms with E-state index in [1.54, 1.807) is 0 Å². The average Bonchev–Trinajstić information content (AvgIpc) is 2.81. The standard InChI is InChI=1S/C13H22N6O/c1-5-18-6-2-10(1)19(8-7-18)13-16-12(20-17-13)11-9-14-3-4-15-11/h10-11,14-15H,1-9H2. The molecule has 0 spiro atoms. The number of piperidine rings is 1. The number of nitrogens with one attached hydrogen (secondary N) is 2. The fourth-order valence-corrected chi connectivity index (χ4v) is 3.46. The molecule has 0 amide bonds. The van der Waals surface area contributed by atoms with Gasteiger partial charge in [0.05, 0.1) is 6.04 Å². The van der Waals surface area contributed by atoms with Gasteiger partial charge in [0.2, 0.25) is 5.89 Å². The lowest BCUT2D eigenvalue weighted by Crippen LogP contribution is -2.42. The molecule has 0 radical (unpaired) electrons. The molecule has 0 aromatic carbocycles. The van der Waals surface area contributed by atoms with Gasteiger partial charge >= 0.3 is 0 Å². The van der Waals surface area contributed by atoms with Gasteiger partial charge in [-0.3, -0.25) is 0 Å². The van der Waals surface area contributed by atoms with Gasteiger partial charge in [-0.15, -0.1) is 0 Å². The fourth-order valence-electron chi connectivity index (χ4n) is 3.46. The van der Waals surface area contributed by atoms with E-state index in [1.807, 2.05) is 0 Å². The molecule has 7 heteroatoms. The average molecular weight is 278 g/mol. The molecule has 20 heavy (non-hydrogen) atoms. The third-order valence-electron chi connectivity index (χ3n) is 4.68. The van der Waals surface area contributed by atoms with E-state index in [4.69, 9.17) is 4.52 Å². The zero-order valence-electron chi connectivity index (χ0n) is 11.7. The molecule has 1 aromatic heterocycles. The highest BCUT2D eigenvalue weighted by Gasteiger charge is 2.32. The van der Waals surface area contributed by atoms with Gasteiger partial charge in [-0.1, -0.05) is 0 Å². The number of hydrogen-bond acceptors (Lipinski definition) is 7. The lowest BCUT2D eigenvalue weighted by Gasteiger charge is -2.30. The molecular weight excluding hydrogens is 256 g/mol. The van der Waals surface area contributed by atoms with Gasteiger partial charge in [-0.2, -0.15) is 4.98 Å². The summed E-state index contributed by atoms with van der Waals surface area (Å²) in [6.07, 6.45) is 2.43. The van der Waals surface area contributed by atoms with Gasteiger partial charge < -0.3 is 25.0 Å². The fraction of sp³-hybridized carbons (Fsp3) is 0.846. The Balaban J connectivity index is 1.52. The van der Waals surface area contributed by atoms with Crippen LogP contribution in [-0.2, 0) is 0 Å². The summed E-state index contributed by atoms with van der Waals surface area (Å²) in [4.78, 5) is 9.52. The van der Waals surface area contributed by atoms with Crippen LogP contribution in [0.1, 0.15) is 24.8 Å². The largest absolute Gasteiger partial charge is 0.336 e. The molecular formula is C13H22N6O. The zero-order chi connectivity index (χ0) is 13.4. The number of aromatic nitrogens is 2. The third-order valence-corrected chi connectivity index (χ3v) is 4.68. The third kappa shape index (κ3) is 2.30. The van der Waals surface area contributed by atoms with E-state index in [-0.39, 0.29) is 6.04 Å². The van der Waals surface area contributed by atoms with E-state index < -0.39 is 0 Å². The Morgan fingerprint density at radius 1 is 1.10 bits per heavy atom. The molecule has 1 atom stereocenters. The summed E-state index contributed by atoms with van der Waals surface area (Å²) in [5.74, 6) is 1.49. The van der Waals surface area contributed by atoms with E-state index >= 15 is 0 Å². The minimum absolute atomic E-state index is 0.150. The Bertz CT molecular complexity index is 449. The van der Waals surface area contributed by atoms with Crippen LogP contribution < -0.4 is 15.5 Å². The summed E-state index contributed by atoms with van der Waals surface area (Å²) in [7, 11) is 0. The monoisotopic (exact) mass is 278 g/mol. The molecule has 1 unspecified atom stereocenters. The van der Waals surface area contributed by atoms with Gasteiger partial charge in [-0.25, -0.2) is 0 Å². The quantitative estimate of drug-likeness (QED) is 0.762. The molecule has 7 nitrogen and oxygen atoms in total. The van der Waals surface area contributed by atoms with Crippen LogP contribution in [0.3, 0.4) is 0 Å². The summed E-state index contributed by atoms with van der Waals surface area (Å²) < 4.78 is 5.49. The Hall–Kier alpha value is -1.18. The molecule has 4 fully saturated rings. The summed E-state index contributed by atoms with van der Waals surface area (Å²) in [6.45, 7) is 7.35. The van der Waals surface area contributed by atoms with Crippen molar-refractivity contribution >= 4 is 5.95 Å². The summed E-state index contributed by atoms with van der Waals surface area (Å²) in [5.41, 5.74) is 0. The lowest BCUT2D eigenvalue weighted by molar-refractivity contribution is 0.250. The van der Waals surface area contributed by atoms with Crippen LogP contribution in [0.25, 0.3) is 0 Å².